The van der Waals surface area contributed by atoms with Crippen LogP contribution in [-0.2, 0) is 17.6 Å². The van der Waals surface area contributed by atoms with Crippen molar-refractivity contribution < 1.29 is 14.3 Å². The summed E-state index contributed by atoms with van der Waals surface area (Å²) in [5.41, 5.74) is 5.09. The van der Waals surface area contributed by atoms with Crippen LogP contribution >= 0.6 is 12.2 Å². The smallest absolute Gasteiger partial charge is 0.264 e. The van der Waals surface area contributed by atoms with Crippen molar-refractivity contribution in [2.45, 2.75) is 25.7 Å². The van der Waals surface area contributed by atoms with Gasteiger partial charge in [0.2, 0.25) is 0 Å². The van der Waals surface area contributed by atoms with E-state index in [0.717, 1.165) is 54.8 Å². The molecule has 5 rings (SSSR count). The van der Waals surface area contributed by atoms with E-state index in [0.29, 0.717) is 35.4 Å². The zero-order chi connectivity index (χ0) is 21.9. The van der Waals surface area contributed by atoms with Crippen molar-refractivity contribution in [3.63, 3.8) is 0 Å². The van der Waals surface area contributed by atoms with Gasteiger partial charge in [-0.2, -0.15) is 0 Å². The molecule has 2 aromatic carbocycles. The van der Waals surface area contributed by atoms with Crippen molar-refractivity contribution >= 4 is 40.0 Å². The van der Waals surface area contributed by atoms with Gasteiger partial charge in [0.05, 0.1) is 35.6 Å². The number of aryl methyl sites for hydroxylation is 2. The van der Waals surface area contributed by atoms with Crippen molar-refractivity contribution in [2.75, 3.05) is 31.6 Å². The number of amides is 1. The number of carbonyl (C=O) groups is 1. The number of carbonyl (C=O) groups excluding carboxylic acids is 1. The van der Waals surface area contributed by atoms with Crippen LogP contribution in [0.4, 0.5) is 5.69 Å². The van der Waals surface area contributed by atoms with Crippen molar-refractivity contribution in [3.8, 4) is 5.75 Å². The molecule has 2 aliphatic rings. The first-order chi connectivity index (χ1) is 15.7. The summed E-state index contributed by atoms with van der Waals surface area (Å²) in [6.07, 6.45) is 4.29. The molecule has 1 aromatic heterocycles. The highest BCUT2D eigenvalue weighted by molar-refractivity contribution is 7.80. The number of benzene rings is 2. The predicted molar refractivity (Wildman–Crippen MR) is 126 cm³/mol. The fourth-order valence-corrected chi connectivity index (χ4v) is 4.26. The fraction of sp³-hybridized carbons (Fsp3) is 0.333. The summed E-state index contributed by atoms with van der Waals surface area (Å²) in [6.45, 7) is 2.73. The number of nitrogens with zero attached hydrogens (tertiary/aromatic N) is 3. The highest BCUT2D eigenvalue weighted by Crippen LogP contribution is 2.23. The van der Waals surface area contributed by atoms with Gasteiger partial charge in [0.25, 0.3) is 11.1 Å². The lowest BCUT2D eigenvalue weighted by Crippen LogP contribution is -2.42. The Morgan fingerprint density at radius 2 is 1.66 bits per heavy atom. The lowest BCUT2D eigenvalue weighted by Gasteiger charge is -2.28. The lowest BCUT2D eigenvalue weighted by atomic mass is 10.0. The average molecular weight is 449 g/mol. The SMILES string of the molecule is O=C(Nc1ccc2nc3c(nc2c1)CCCC3)c1ccc(OC(=S)N2CCOCC2)cc1. The second-order valence-electron chi connectivity index (χ2n) is 7.97. The summed E-state index contributed by atoms with van der Waals surface area (Å²) in [5, 5.41) is 3.37. The van der Waals surface area contributed by atoms with Crippen LogP contribution in [0.2, 0.25) is 0 Å². The summed E-state index contributed by atoms with van der Waals surface area (Å²) in [7, 11) is 0. The maximum absolute atomic E-state index is 12.7. The molecule has 2 heterocycles. The third kappa shape index (κ3) is 4.56. The third-order valence-corrected chi connectivity index (χ3v) is 6.09. The van der Waals surface area contributed by atoms with E-state index in [2.05, 4.69) is 5.32 Å². The van der Waals surface area contributed by atoms with E-state index in [-0.39, 0.29) is 5.91 Å². The highest BCUT2D eigenvalue weighted by atomic mass is 32.1. The van der Waals surface area contributed by atoms with Crippen molar-refractivity contribution in [1.82, 2.24) is 14.9 Å². The van der Waals surface area contributed by atoms with Gasteiger partial charge in [0, 0.05) is 24.3 Å². The molecule has 32 heavy (non-hydrogen) atoms. The monoisotopic (exact) mass is 448 g/mol. The number of hydrogen-bond acceptors (Lipinski definition) is 6. The van der Waals surface area contributed by atoms with Crippen LogP contribution in [0.25, 0.3) is 11.0 Å². The van der Waals surface area contributed by atoms with Crippen LogP contribution in [0, 0.1) is 0 Å². The zero-order valence-corrected chi connectivity index (χ0v) is 18.5. The number of morpholine rings is 1. The average Bonchev–Trinajstić information content (AvgIpc) is 2.83. The van der Waals surface area contributed by atoms with Crippen LogP contribution in [0.5, 0.6) is 5.75 Å². The van der Waals surface area contributed by atoms with Crippen LogP contribution in [-0.4, -0.2) is 52.3 Å². The minimum absolute atomic E-state index is 0.197. The summed E-state index contributed by atoms with van der Waals surface area (Å²) in [5.74, 6) is 0.404. The first-order valence-electron chi connectivity index (χ1n) is 10.9. The largest absolute Gasteiger partial charge is 0.432 e. The topological polar surface area (TPSA) is 76.6 Å². The normalized spacial score (nSPS) is 15.8. The Morgan fingerprint density at radius 3 is 2.38 bits per heavy atom. The zero-order valence-electron chi connectivity index (χ0n) is 17.7. The molecule has 164 valence electrons. The Bertz CT molecular complexity index is 1160. The molecule has 3 aromatic rings. The Hall–Kier alpha value is -3.10. The summed E-state index contributed by atoms with van der Waals surface area (Å²) in [4.78, 5) is 24.2. The van der Waals surface area contributed by atoms with Crippen LogP contribution < -0.4 is 10.1 Å². The molecular formula is C24H24N4O3S. The van der Waals surface area contributed by atoms with E-state index in [9.17, 15) is 4.79 Å². The van der Waals surface area contributed by atoms with Gasteiger partial charge in [-0.15, -0.1) is 0 Å². The third-order valence-electron chi connectivity index (χ3n) is 5.75. The van der Waals surface area contributed by atoms with E-state index in [4.69, 9.17) is 31.7 Å². The maximum Gasteiger partial charge on any atom is 0.264 e. The molecule has 0 spiro atoms. The van der Waals surface area contributed by atoms with E-state index < -0.39 is 0 Å². The molecule has 0 saturated carbocycles. The molecule has 1 saturated heterocycles. The van der Waals surface area contributed by atoms with E-state index in [1.165, 1.54) is 6.42 Å². The number of rotatable bonds is 3. The number of aromatic nitrogens is 2. The van der Waals surface area contributed by atoms with Crippen LogP contribution in [0.15, 0.2) is 42.5 Å². The van der Waals surface area contributed by atoms with Gasteiger partial charge in [-0.25, -0.2) is 9.97 Å². The quantitative estimate of drug-likeness (QED) is 0.612. The molecule has 8 heteroatoms. The Kier molecular flexibility index (Phi) is 5.96. The molecule has 1 amide bonds. The summed E-state index contributed by atoms with van der Waals surface area (Å²) < 4.78 is 11.1. The Morgan fingerprint density at radius 1 is 0.969 bits per heavy atom. The standard InChI is InChI=1S/C24H24N4O3S/c29-23(16-5-8-18(9-6-16)31-24(32)28-11-13-30-14-12-28)25-17-7-10-21-22(15-17)27-20-4-2-1-3-19(20)26-21/h5-10,15H,1-4,11-14H2,(H,25,29). The Labute approximate surface area is 191 Å². The van der Waals surface area contributed by atoms with Gasteiger partial charge < -0.3 is 19.7 Å². The van der Waals surface area contributed by atoms with Gasteiger partial charge in [-0.1, -0.05) is 0 Å². The molecule has 0 bridgehead atoms. The van der Waals surface area contributed by atoms with Gasteiger partial charge in [0.1, 0.15) is 5.75 Å². The van der Waals surface area contributed by atoms with E-state index in [1.807, 2.05) is 23.1 Å². The molecule has 1 aliphatic heterocycles. The molecule has 1 fully saturated rings. The molecular weight excluding hydrogens is 424 g/mol. The van der Waals surface area contributed by atoms with Crippen molar-refractivity contribution in [3.05, 3.63) is 59.4 Å². The molecule has 1 aliphatic carbocycles. The lowest BCUT2D eigenvalue weighted by molar-refractivity contribution is 0.0631. The molecule has 1 N–H and O–H groups in total. The number of fused-ring (bicyclic) bond motifs is 2. The van der Waals surface area contributed by atoms with Gasteiger partial charge in [0.15, 0.2) is 0 Å². The number of nitrogens with one attached hydrogen (secondary N) is 1. The number of anilines is 1. The number of ether oxygens (including phenoxy) is 2. The van der Waals surface area contributed by atoms with Gasteiger partial charge in [-0.3, -0.25) is 4.79 Å². The highest BCUT2D eigenvalue weighted by Gasteiger charge is 2.16. The van der Waals surface area contributed by atoms with Gasteiger partial charge >= 0.3 is 0 Å². The number of thiocarbonyl (C=S) groups is 1. The maximum atomic E-state index is 12.7. The second kappa shape index (κ2) is 9.18. The van der Waals surface area contributed by atoms with Crippen molar-refractivity contribution in [1.29, 1.82) is 0 Å². The minimum Gasteiger partial charge on any atom is -0.432 e. The van der Waals surface area contributed by atoms with Gasteiger partial charge in [-0.05, 0) is 80.4 Å². The second-order valence-corrected chi connectivity index (χ2v) is 8.32. The first kappa shape index (κ1) is 20.8. The first-order valence-corrected chi connectivity index (χ1v) is 11.3. The van der Waals surface area contributed by atoms with Crippen LogP contribution in [0.1, 0.15) is 34.6 Å². The number of hydrogen-bond donors (Lipinski definition) is 1. The molecule has 0 atom stereocenters. The van der Waals surface area contributed by atoms with E-state index in [1.54, 1.807) is 24.3 Å². The van der Waals surface area contributed by atoms with Crippen molar-refractivity contribution in [2.24, 2.45) is 0 Å². The summed E-state index contributed by atoms with van der Waals surface area (Å²) in [6, 6.07) is 12.6. The minimum atomic E-state index is -0.197. The summed E-state index contributed by atoms with van der Waals surface area (Å²) >= 11 is 5.36. The predicted octanol–water partition coefficient (Wildman–Crippen LogP) is 3.76. The molecule has 0 unspecified atom stereocenters. The fourth-order valence-electron chi connectivity index (χ4n) is 3.98. The molecule has 0 radical (unpaired) electrons. The van der Waals surface area contributed by atoms with E-state index >= 15 is 0 Å². The van der Waals surface area contributed by atoms with Crippen LogP contribution in [0.3, 0.4) is 0 Å². The molecule has 7 nitrogen and oxygen atoms in total. The Balaban J connectivity index is 1.25.